The van der Waals surface area contributed by atoms with Gasteiger partial charge in [-0.25, -0.2) is 0 Å². The number of amides is 2. The third-order valence-electron chi connectivity index (χ3n) is 3.86. The van der Waals surface area contributed by atoms with Gasteiger partial charge in [0.25, 0.3) is 0 Å². The summed E-state index contributed by atoms with van der Waals surface area (Å²) in [5, 5.41) is 6.15. The zero-order valence-electron chi connectivity index (χ0n) is 13.6. The second kappa shape index (κ2) is 7.29. The lowest BCUT2D eigenvalue weighted by Crippen LogP contribution is -2.52. The van der Waals surface area contributed by atoms with Crippen LogP contribution in [0.1, 0.15) is 33.6 Å². The van der Waals surface area contributed by atoms with Crippen LogP contribution in [-0.4, -0.2) is 30.9 Å². The molecule has 1 atom stereocenters. The number of fused-ring (bicyclic) bond motifs is 1. The van der Waals surface area contributed by atoms with Crippen molar-refractivity contribution >= 4 is 23.2 Å². The fourth-order valence-corrected chi connectivity index (χ4v) is 2.57. The first-order valence-electron chi connectivity index (χ1n) is 7.98. The zero-order valence-corrected chi connectivity index (χ0v) is 13.6. The molecule has 2 N–H and O–H groups in total. The molecule has 0 aromatic heterocycles. The molecule has 1 heterocycles. The summed E-state index contributed by atoms with van der Waals surface area (Å²) in [6.45, 7) is 6.82. The van der Waals surface area contributed by atoms with Crippen LogP contribution in [0.3, 0.4) is 0 Å². The highest BCUT2D eigenvalue weighted by molar-refractivity contribution is 6.07. The van der Waals surface area contributed by atoms with Crippen LogP contribution in [0.15, 0.2) is 24.3 Å². The summed E-state index contributed by atoms with van der Waals surface area (Å²) in [7, 11) is 0. The highest BCUT2D eigenvalue weighted by Gasteiger charge is 2.34. The lowest BCUT2D eigenvalue weighted by Gasteiger charge is -2.36. The van der Waals surface area contributed by atoms with Crippen molar-refractivity contribution in [1.82, 2.24) is 5.32 Å². The van der Waals surface area contributed by atoms with Gasteiger partial charge in [0.15, 0.2) is 0 Å². The fraction of sp³-hybridized carbons (Fsp3) is 0.529. The third kappa shape index (κ3) is 3.59. The van der Waals surface area contributed by atoms with E-state index in [0.29, 0.717) is 6.54 Å². The number of carbonyl (C=O) groups is 2. The molecule has 5 heteroatoms. The van der Waals surface area contributed by atoms with Crippen molar-refractivity contribution in [2.45, 2.75) is 39.7 Å². The molecule has 0 spiro atoms. The third-order valence-corrected chi connectivity index (χ3v) is 3.86. The predicted molar refractivity (Wildman–Crippen MR) is 89.0 cm³/mol. The van der Waals surface area contributed by atoms with E-state index in [9.17, 15) is 9.59 Å². The summed E-state index contributed by atoms with van der Waals surface area (Å²) in [6, 6.07) is 7.33. The molecule has 1 unspecified atom stereocenters. The van der Waals surface area contributed by atoms with Crippen molar-refractivity contribution in [3.63, 3.8) is 0 Å². The van der Waals surface area contributed by atoms with Crippen LogP contribution in [0.5, 0.6) is 0 Å². The Hall–Kier alpha value is -2.04. The van der Waals surface area contributed by atoms with Gasteiger partial charge in [0.05, 0.1) is 11.4 Å². The second-order valence-electron chi connectivity index (χ2n) is 6.01. The van der Waals surface area contributed by atoms with E-state index in [1.54, 1.807) is 4.90 Å². The van der Waals surface area contributed by atoms with Crippen molar-refractivity contribution in [1.29, 1.82) is 0 Å². The largest absolute Gasteiger partial charge is 0.372 e. The van der Waals surface area contributed by atoms with Crippen LogP contribution in [0.25, 0.3) is 0 Å². The summed E-state index contributed by atoms with van der Waals surface area (Å²) >= 11 is 0. The summed E-state index contributed by atoms with van der Waals surface area (Å²) in [6.07, 6.45) is 1.98. The van der Waals surface area contributed by atoms with Crippen molar-refractivity contribution in [3.05, 3.63) is 24.3 Å². The van der Waals surface area contributed by atoms with Crippen molar-refractivity contribution < 1.29 is 9.59 Å². The molecule has 1 aromatic carbocycles. The molecule has 0 saturated heterocycles. The van der Waals surface area contributed by atoms with Crippen molar-refractivity contribution in [2.75, 3.05) is 23.3 Å². The predicted octanol–water partition coefficient (Wildman–Crippen LogP) is 2.39. The maximum Gasteiger partial charge on any atom is 0.250 e. The normalized spacial score (nSPS) is 17.2. The number of carbonyl (C=O) groups excluding carboxylic acids is 2. The van der Waals surface area contributed by atoms with Gasteiger partial charge in [-0.2, -0.15) is 0 Å². The van der Waals surface area contributed by atoms with E-state index in [1.807, 2.05) is 38.1 Å². The standard InChI is InChI=1S/C17H25N3O2/c1-4-5-10-18-15(21)11-20-14-9-7-6-8-13(14)19-16(12(2)3)17(20)22/h6-9,12,16,19H,4-5,10-11H2,1-3H3,(H,18,21). The Morgan fingerprint density at radius 2 is 2.09 bits per heavy atom. The number of hydrogen-bond donors (Lipinski definition) is 2. The van der Waals surface area contributed by atoms with E-state index < -0.39 is 0 Å². The molecule has 1 aliphatic rings. The van der Waals surface area contributed by atoms with E-state index in [0.717, 1.165) is 24.2 Å². The van der Waals surface area contributed by atoms with E-state index in [4.69, 9.17) is 0 Å². The Kier molecular flexibility index (Phi) is 5.41. The Balaban J connectivity index is 2.16. The number of rotatable bonds is 6. The Morgan fingerprint density at radius 3 is 2.77 bits per heavy atom. The van der Waals surface area contributed by atoms with Crippen LogP contribution in [-0.2, 0) is 9.59 Å². The minimum Gasteiger partial charge on any atom is -0.372 e. The number of nitrogens with zero attached hydrogens (tertiary/aromatic N) is 1. The summed E-state index contributed by atoms with van der Waals surface area (Å²) < 4.78 is 0. The number of anilines is 2. The van der Waals surface area contributed by atoms with Crippen LogP contribution < -0.4 is 15.5 Å². The molecule has 0 aliphatic carbocycles. The molecule has 22 heavy (non-hydrogen) atoms. The van der Waals surface area contributed by atoms with E-state index >= 15 is 0 Å². The lowest BCUT2D eigenvalue weighted by atomic mass is 9.99. The molecule has 0 radical (unpaired) electrons. The monoisotopic (exact) mass is 303 g/mol. The average Bonchev–Trinajstić information content (AvgIpc) is 2.50. The van der Waals surface area contributed by atoms with Crippen molar-refractivity contribution in [2.24, 2.45) is 5.92 Å². The van der Waals surface area contributed by atoms with Gasteiger partial charge in [-0.3, -0.25) is 14.5 Å². The molecule has 5 nitrogen and oxygen atoms in total. The molecule has 1 aliphatic heterocycles. The van der Waals surface area contributed by atoms with Gasteiger partial charge in [0, 0.05) is 6.54 Å². The Bertz CT molecular complexity index is 542. The fourth-order valence-electron chi connectivity index (χ4n) is 2.57. The molecule has 2 amide bonds. The maximum atomic E-state index is 12.7. The highest BCUT2D eigenvalue weighted by Crippen LogP contribution is 2.32. The quantitative estimate of drug-likeness (QED) is 0.793. The zero-order chi connectivity index (χ0) is 16.1. The number of benzene rings is 1. The van der Waals surface area contributed by atoms with Gasteiger partial charge in [-0.15, -0.1) is 0 Å². The van der Waals surface area contributed by atoms with Gasteiger partial charge in [0.2, 0.25) is 11.8 Å². The van der Waals surface area contributed by atoms with Crippen LogP contribution in [0.2, 0.25) is 0 Å². The average molecular weight is 303 g/mol. The molecule has 0 bridgehead atoms. The first-order chi connectivity index (χ1) is 10.5. The summed E-state index contributed by atoms with van der Waals surface area (Å²) in [4.78, 5) is 26.4. The van der Waals surface area contributed by atoms with Gasteiger partial charge in [-0.1, -0.05) is 39.3 Å². The highest BCUT2D eigenvalue weighted by atomic mass is 16.2. The van der Waals surface area contributed by atoms with Gasteiger partial charge in [-0.05, 0) is 24.5 Å². The Labute approximate surface area is 132 Å². The topological polar surface area (TPSA) is 61.4 Å². The molecule has 0 saturated carbocycles. The number of unbranched alkanes of at least 4 members (excludes halogenated alkanes) is 1. The second-order valence-corrected chi connectivity index (χ2v) is 6.01. The number of nitrogens with one attached hydrogen (secondary N) is 2. The summed E-state index contributed by atoms with van der Waals surface area (Å²) in [5.41, 5.74) is 1.68. The van der Waals surface area contributed by atoms with Crippen LogP contribution in [0, 0.1) is 5.92 Å². The van der Waals surface area contributed by atoms with Gasteiger partial charge >= 0.3 is 0 Å². The van der Waals surface area contributed by atoms with Gasteiger partial charge < -0.3 is 10.6 Å². The minimum atomic E-state index is -0.293. The lowest BCUT2D eigenvalue weighted by molar-refractivity contribution is -0.124. The van der Waals surface area contributed by atoms with Gasteiger partial charge in [0.1, 0.15) is 12.6 Å². The van der Waals surface area contributed by atoms with Crippen LogP contribution in [0.4, 0.5) is 11.4 Å². The molecule has 1 aromatic rings. The number of hydrogen-bond acceptors (Lipinski definition) is 3. The molecular formula is C17H25N3O2. The first-order valence-corrected chi connectivity index (χ1v) is 7.98. The minimum absolute atomic E-state index is 0.0423. The molecule has 120 valence electrons. The Morgan fingerprint density at radius 1 is 1.36 bits per heavy atom. The molecule has 0 fully saturated rings. The molecular weight excluding hydrogens is 278 g/mol. The van der Waals surface area contributed by atoms with E-state index in [1.165, 1.54) is 0 Å². The smallest absolute Gasteiger partial charge is 0.250 e. The van der Waals surface area contributed by atoms with E-state index in [2.05, 4.69) is 17.6 Å². The SMILES string of the molecule is CCCCNC(=O)CN1C(=O)C(C(C)C)Nc2ccccc21. The summed E-state index contributed by atoms with van der Waals surface area (Å²) in [5.74, 6) is 0.00635. The van der Waals surface area contributed by atoms with E-state index in [-0.39, 0.29) is 30.3 Å². The maximum absolute atomic E-state index is 12.7. The van der Waals surface area contributed by atoms with Crippen molar-refractivity contribution in [3.8, 4) is 0 Å². The number of para-hydroxylation sites is 2. The first kappa shape index (κ1) is 16.3. The molecule has 2 rings (SSSR count). The van der Waals surface area contributed by atoms with Crippen LogP contribution >= 0.6 is 0 Å².